The number of carbonyl (C=O) groups is 1. The van der Waals surface area contributed by atoms with Gasteiger partial charge in [0.25, 0.3) is 5.91 Å². The molecule has 0 fully saturated rings. The Hall–Kier alpha value is -2.84. The van der Waals surface area contributed by atoms with Crippen LogP contribution in [0.3, 0.4) is 0 Å². The molecule has 4 nitrogen and oxygen atoms in total. The van der Waals surface area contributed by atoms with Crippen LogP contribution in [0.2, 0.25) is 0 Å². The Morgan fingerprint density at radius 3 is 2.31 bits per heavy atom. The van der Waals surface area contributed by atoms with E-state index in [4.69, 9.17) is 0 Å². The van der Waals surface area contributed by atoms with E-state index in [0.717, 1.165) is 30.3 Å². The van der Waals surface area contributed by atoms with Crippen LogP contribution in [0, 0.1) is 24.4 Å². The van der Waals surface area contributed by atoms with Gasteiger partial charge in [0.05, 0.1) is 0 Å². The molecule has 0 spiro atoms. The summed E-state index contributed by atoms with van der Waals surface area (Å²) in [5, 5.41) is 1.34. The highest BCUT2D eigenvalue weighted by Crippen LogP contribution is 2.38. The second-order valence-corrected chi connectivity index (χ2v) is 7.84. The SMILES string of the molecule is CNC(=O)c1cc(C)c(C(c2cc(F)ccc2F)[S+]([O-])c2ccc(F)cc2)cn1. The molecule has 3 aromatic rings. The molecule has 1 heterocycles. The molecule has 0 aliphatic heterocycles. The average molecular weight is 418 g/mol. The molecule has 150 valence electrons. The van der Waals surface area contributed by atoms with Crippen molar-refractivity contribution in [2.24, 2.45) is 0 Å². The number of aromatic nitrogens is 1. The molecule has 0 radical (unpaired) electrons. The number of hydrogen-bond donors (Lipinski definition) is 1. The third kappa shape index (κ3) is 4.44. The number of nitrogens with one attached hydrogen (secondary N) is 1. The minimum atomic E-state index is -1.89. The molecular weight excluding hydrogens is 401 g/mol. The highest BCUT2D eigenvalue weighted by Gasteiger charge is 2.33. The van der Waals surface area contributed by atoms with Crippen LogP contribution in [0.1, 0.15) is 32.4 Å². The third-order valence-corrected chi connectivity index (χ3v) is 6.07. The molecule has 0 saturated carbocycles. The second kappa shape index (κ2) is 8.67. The second-order valence-electron chi connectivity index (χ2n) is 6.30. The Labute approximate surface area is 169 Å². The number of carbonyl (C=O) groups excluding carboxylic acids is 1. The maximum atomic E-state index is 14.6. The zero-order valence-corrected chi connectivity index (χ0v) is 16.4. The minimum Gasteiger partial charge on any atom is -0.611 e. The lowest BCUT2D eigenvalue weighted by atomic mass is 10.0. The van der Waals surface area contributed by atoms with E-state index in [1.165, 1.54) is 31.4 Å². The standard InChI is InChI=1S/C21H17F3N2O2S/c1-12-9-19(21(27)25-2)26-11-17(12)20(16-10-14(23)5-8-18(16)24)29(28)15-6-3-13(22)4-7-15/h3-11,20H,1-2H3,(H,25,27). The highest BCUT2D eigenvalue weighted by atomic mass is 32.2. The minimum absolute atomic E-state index is 0.120. The summed E-state index contributed by atoms with van der Waals surface area (Å²) >= 11 is -1.89. The quantitative estimate of drug-likeness (QED) is 0.636. The first-order valence-corrected chi connectivity index (χ1v) is 9.83. The summed E-state index contributed by atoms with van der Waals surface area (Å²) in [7, 11) is 1.46. The first-order chi connectivity index (χ1) is 13.8. The van der Waals surface area contributed by atoms with Crippen molar-refractivity contribution in [3.8, 4) is 0 Å². The Kier molecular flexibility index (Phi) is 6.24. The molecule has 1 amide bonds. The van der Waals surface area contributed by atoms with E-state index < -0.39 is 39.8 Å². The molecule has 2 unspecified atom stereocenters. The van der Waals surface area contributed by atoms with Gasteiger partial charge in [-0.3, -0.25) is 9.78 Å². The fraction of sp³-hybridized carbons (Fsp3) is 0.143. The lowest BCUT2D eigenvalue weighted by molar-refractivity contribution is 0.0958. The van der Waals surface area contributed by atoms with Gasteiger partial charge in [0, 0.05) is 24.4 Å². The fourth-order valence-electron chi connectivity index (χ4n) is 2.91. The normalized spacial score (nSPS) is 13.0. The van der Waals surface area contributed by atoms with Gasteiger partial charge < -0.3 is 9.87 Å². The number of nitrogens with zero attached hydrogens (tertiary/aromatic N) is 1. The first-order valence-electron chi connectivity index (χ1n) is 8.61. The number of halogens is 3. The molecule has 0 aliphatic rings. The molecule has 2 atom stereocenters. The van der Waals surface area contributed by atoms with Crippen LogP contribution in [0.25, 0.3) is 0 Å². The van der Waals surface area contributed by atoms with Crippen LogP contribution in [0.5, 0.6) is 0 Å². The maximum Gasteiger partial charge on any atom is 0.269 e. The van der Waals surface area contributed by atoms with Crippen molar-refractivity contribution < 1.29 is 22.5 Å². The van der Waals surface area contributed by atoms with Crippen molar-refractivity contribution in [3.05, 3.63) is 94.6 Å². The van der Waals surface area contributed by atoms with Crippen LogP contribution < -0.4 is 5.32 Å². The zero-order chi connectivity index (χ0) is 21.1. The fourth-order valence-corrected chi connectivity index (χ4v) is 4.48. The molecule has 1 aromatic heterocycles. The van der Waals surface area contributed by atoms with Crippen molar-refractivity contribution in [2.75, 3.05) is 7.05 Å². The van der Waals surface area contributed by atoms with Crippen molar-refractivity contribution in [2.45, 2.75) is 17.1 Å². The Morgan fingerprint density at radius 2 is 1.69 bits per heavy atom. The van der Waals surface area contributed by atoms with Crippen LogP contribution >= 0.6 is 0 Å². The van der Waals surface area contributed by atoms with Gasteiger partial charge in [0.2, 0.25) is 0 Å². The van der Waals surface area contributed by atoms with E-state index in [1.807, 2.05) is 0 Å². The number of rotatable bonds is 5. The average Bonchev–Trinajstić information content (AvgIpc) is 2.71. The Bertz CT molecular complexity index is 1040. The summed E-state index contributed by atoms with van der Waals surface area (Å²) in [6.07, 6.45) is 1.33. The molecule has 8 heteroatoms. The van der Waals surface area contributed by atoms with Crippen molar-refractivity contribution in [1.82, 2.24) is 10.3 Å². The molecule has 0 saturated heterocycles. The largest absolute Gasteiger partial charge is 0.611 e. The van der Waals surface area contributed by atoms with Crippen molar-refractivity contribution in [3.63, 3.8) is 0 Å². The summed E-state index contributed by atoms with van der Waals surface area (Å²) < 4.78 is 55.1. The highest BCUT2D eigenvalue weighted by molar-refractivity contribution is 7.91. The number of aryl methyl sites for hydroxylation is 1. The zero-order valence-electron chi connectivity index (χ0n) is 15.6. The van der Waals surface area contributed by atoms with Gasteiger partial charge in [-0.15, -0.1) is 0 Å². The molecule has 29 heavy (non-hydrogen) atoms. The predicted octanol–water partition coefficient (Wildman–Crippen LogP) is 4.06. The van der Waals surface area contributed by atoms with Gasteiger partial charge in [0.15, 0.2) is 10.1 Å². The van der Waals surface area contributed by atoms with Crippen molar-refractivity contribution in [1.29, 1.82) is 0 Å². The lowest BCUT2D eigenvalue weighted by Crippen LogP contribution is -2.21. The van der Waals surface area contributed by atoms with Gasteiger partial charge in [-0.05, 0) is 72.2 Å². The summed E-state index contributed by atoms with van der Waals surface area (Å²) in [5.41, 5.74) is 0.914. The van der Waals surface area contributed by atoms with Crippen LogP contribution in [-0.4, -0.2) is 22.5 Å². The molecule has 0 aliphatic carbocycles. The van der Waals surface area contributed by atoms with E-state index in [2.05, 4.69) is 10.3 Å². The number of hydrogen-bond acceptors (Lipinski definition) is 3. The summed E-state index contributed by atoms with van der Waals surface area (Å²) in [6.45, 7) is 1.66. The molecular formula is C21H17F3N2O2S. The maximum absolute atomic E-state index is 14.6. The van der Waals surface area contributed by atoms with Gasteiger partial charge in [-0.2, -0.15) is 0 Å². The van der Waals surface area contributed by atoms with Crippen LogP contribution in [0.15, 0.2) is 59.6 Å². The topological polar surface area (TPSA) is 65.0 Å². The lowest BCUT2D eigenvalue weighted by Gasteiger charge is -2.24. The van der Waals surface area contributed by atoms with Gasteiger partial charge in [0.1, 0.15) is 23.1 Å². The monoisotopic (exact) mass is 418 g/mol. The smallest absolute Gasteiger partial charge is 0.269 e. The number of benzene rings is 2. The molecule has 3 rings (SSSR count). The van der Waals surface area contributed by atoms with Gasteiger partial charge in [-0.1, -0.05) is 0 Å². The first kappa shape index (κ1) is 20.9. The number of amides is 1. The van der Waals surface area contributed by atoms with E-state index >= 15 is 0 Å². The third-order valence-electron chi connectivity index (χ3n) is 4.39. The molecule has 2 aromatic carbocycles. The van der Waals surface area contributed by atoms with Gasteiger partial charge >= 0.3 is 0 Å². The van der Waals surface area contributed by atoms with Gasteiger partial charge in [-0.25, -0.2) is 13.2 Å². The molecule has 0 bridgehead atoms. The summed E-state index contributed by atoms with van der Waals surface area (Å²) in [6, 6.07) is 9.35. The van der Waals surface area contributed by atoms with Crippen molar-refractivity contribution >= 4 is 17.1 Å². The Morgan fingerprint density at radius 1 is 1.03 bits per heavy atom. The predicted molar refractivity (Wildman–Crippen MR) is 103 cm³/mol. The number of pyridine rings is 1. The van der Waals surface area contributed by atoms with E-state index in [0.29, 0.717) is 11.1 Å². The Balaban J connectivity index is 2.16. The van der Waals surface area contributed by atoms with E-state index in [-0.39, 0.29) is 16.2 Å². The summed E-state index contributed by atoms with van der Waals surface area (Å²) in [4.78, 5) is 16.1. The van der Waals surface area contributed by atoms with E-state index in [1.54, 1.807) is 6.92 Å². The molecule has 1 N–H and O–H groups in total. The van der Waals surface area contributed by atoms with Crippen LogP contribution in [0.4, 0.5) is 13.2 Å². The van der Waals surface area contributed by atoms with Crippen LogP contribution in [-0.2, 0) is 11.2 Å². The van der Waals surface area contributed by atoms with E-state index in [9.17, 15) is 22.5 Å². The summed E-state index contributed by atoms with van der Waals surface area (Å²) in [5.74, 6) is -2.34.